The van der Waals surface area contributed by atoms with Crippen LogP contribution in [0.2, 0.25) is 0 Å². The van der Waals surface area contributed by atoms with Crippen molar-refractivity contribution in [2.45, 2.75) is 59.0 Å². The second-order valence-electron chi connectivity index (χ2n) is 6.07. The van der Waals surface area contributed by atoms with E-state index in [2.05, 4.69) is 29.4 Å². The number of hydrogen-bond donors (Lipinski definition) is 2. The van der Waals surface area contributed by atoms with Gasteiger partial charge in [0.15, 0.2) is 0 Å². The van der Waals surface area contributed by atoms with Gasteiger partial charge >= 0.3 is 6.03 Å². The van der Waals surface area contributed by atoms with Crippen LogP contribution >= 0.6 is 0 Å². The number of carbonyl (C=O) groups excluding carboxylic acids is 1. The van der Waals surface area contributed by atoms with Crippen LogP contribution in [-0.2, 0) is 0 Å². The van der Waals surface area contributed by atoms with Crippen molar-refractivity contribution >= 4 is 6.03 Å². The molecule has 0 unspecified atom stereocenters. The van der Waals surface area contributed by atoms with Crippen LogP contribution in [0.4, 0.5) is 4.79 Å². The van der Waals surface area contributed by atoms with E-state index in [-0.39, 0.29) is 12.1 Å². The second-order valence-corrected chi connectivity index (χ2v) is 6.07. The number of likely N-dealkylation sites (tertiary alicyclic amines) is 1. The molecule has 0 aromatic rings. The van der Waals surface area contributed by atoms with Gasteiger partial charge in [-0.3, -0.25) is 0 Å². The molecular formula is C14H29N3O. The molecule has 18 heavy (non-hydrogen) atoms. The molecule has 0 spiro atoms. The number of urea groups is 1. The lowest BCUT2D eigenvalue weighted by Gasteiger charge is -2.32. The summed E-state index contributed by atoms with van der Waals surface area (Å²) < 4.78 is 0. The first kappa shape index (κ1) is 15.3. The average Bonchev–Trinajstić information content (AvgIpc) is 2.26. The van der Waals surface area contributed by atoms with Crippen molar-refractivity contribution in [2.24, 2.45) is 5.92 Å². The molecule has 1 heterocycles. The summed E-state index contributed by atoms with van der Waals surface area (Å²) in [6.45, 7) is 11.9. The highest BCUT2D eigenvalue weighted by atomic mass is 16.2. The Morgan fingerprint density at radius 1 is 1.22 bits per heavy atom. The van der Waals surface area contributed by atoms with Gasteiger partial charge in [-0.2, -0.15) is 0 Å². The predicted octanol–water partition coefficient (Wildman–Crippen LogP) is 2.20. The van der Waals surface area contributed by atoms with Gasteiger partial charge in [-0.15, -0.1) is 0 Å². The van der Waals surface area contributed by atoms with Crippen molar-refractivity contribution in [1.29, 1.82) is 0 Å². The number of hydrogen-bond acceptors (Lipinski definition) is 2. The van der Waals surface area contributed by atoms with Gasteiger partial charge in [0.2, 0.25) is 0 Å². The number of piperidine rings is 1. The first-order valence-electron chi connectivity index (χ1n) is 7.26. The number of amides is 2. The van der Waals surface area contributed by atoms with E-state index in [9.17, 15) is 4.79 Å². The Kier molecular flexibility index (Phi) is 6.47. The molecule has 4 nitrogen and oxygen atoms in total. The summed E-state index contributed by atoms with van der Waals surface area (Å²) in [6, 6.07) is 0.529. The van der Waals surface area contributed by atoms with E-state index < -0.39 is 0 Å². The summed E-state index contributed by atoms with van der Waals surface area (Å²) in [6.07, 6.45) is 3.42. The Morgan fingerprint density at radius 2 is 1.83 bits per heavy atom. The maximum absolute atomic E-state index is 11.6. The zero-order chi connectivity index (χ0) is 13.5. The third-order valence-corrected chi connectivity index (χ3v) is 3.37. The molecule has 0 atom stereocenters. The molecule has 1 fully saturated rings. The molecule has 1 aliphatic heterocycles. The molecule has 0 aliphatic carbocycles. The summed E-state index contributed by atoms with van der Waals surface area (Å²) in [7, 11) is 0. The fourth-order valence-electron chi connectivity index (χ4n) is 2.23. The van der Waals surface area contributed by atoms with E-state index >= 15 is 0 Å². The molecule has 2 N–H and O–H groups in total. The van der Waals surface area contributed by atoms with E-state index in [4.69, 9.17) is 0 Å². The van der Waals surface area contributed by atoms with Crippen LogP contribution in [0, 0.1) is 5.92 Å². The van der Waals surface area contributed by atoms with Gasteiger partial charge in [0.1, 0.15) is 0 Å². The Hall–Kier alpha value is -0.770. The normalized spacial score (nSPS) is 18.3. The fourth-order valence-corrected chi connectivity index (χ4v) is 2.23. The van der Waals surface area contributed by atoms with E-state index in [1.54, 1.807) is 0 Å². The fraction of sp³-hybridized carbons (Fsp3) is 0.929. The van der Waals surface area contributed by atoms with Gasteiger partial charge in [-0.05, 0) is 45.6 Å². The van der Waals surface area contributed by atoms with Crippen molar-refractivity contribution < 1.29 is 4.79 Å². The zero-order valence-corrected chi connectivity index (χ0v) is 12.3. The number of carbonyl (C=O) groups is 1. The molecule has 4 heteroatoms. The van der Waals surface area contributed by atoms with Gasteiger partial charge in [0.05, 0.1) is 0 Å². The van der Waals surface area contributed by atoms with Crippen LogP contribution in [0.3, 0.4) is 0 Å². The maximum Gasteiger partial charge on any atom is 0.315 e. The maximum atomic E-state index is 11.6. The minimum absolute atomic E-state index is 0.0226. The summed E-state index contributed by atoms with van der Waals surface area (Å²) in [5.41, 5.74) is 0. The minimum atomic E-state index is -0.0226. The molecule has 0 bridgehead atoms. The summed E-state index contributed by atoms with van der Waals surface area (Å²) in [5.74, 6) is 0.776. The highest BCUT2D eigenvalue weighted by Gasteiger charge is 2.20. The zero-order valence-electron chi connectivity index (χ0n) is 12.3. The predicted molar refractivity (Wildman–Crippen MR) is 75.7 cm³/mol. The van der Waals surface area contributed by atoms with Crippen molar-refractivity contribution in [1.82, 2.24) is 15.5 Å². The van der Waals surface area contributed by atoms with E-state index in [0.29, 0.717) is 6.04 Å². The summed E-state index contributed by atoms with van der Waals surface area (Å²) in [4.78, 5) is 14.1. The van der Waals surface area contributed by atoms with Crippen LogP contribution in [-0.4, -0.2) is 42.6 Å². The highest BCUT2D eigenvalue weighted by molar-refractivity contribution is 5.74. The molecule has 1 rings (SSSR count). The Morgan fingerprint density at radius 3 is 2.33 bits per heavy atom. The largest absolute Gasteiger partial charge is 0.336 e. The van der Waals surface area contributed by atoms with Crippen LogP contribution in [0.15, 0.2) is 0 Å². The SMILES string of the molecule is CC(C)CCN1CCC(NC(=O)NC(C)C)CC1. The van der Waals surface area contributed by atoms with Crippen LogP contribution < -0.4 is 10.6 Å². The van der Waals surface area contributed by atoms with E-state index in [0.717, 1.165) is 31.8 Å². The van der Waals surface area contributed by atoms with Gasteiger partial charge in [0, 0.05) is 25.2 Å². The van der Waals surface area contributed by atoms with Gasteiger partial charge in [-0.1, -0.05) is 13.8 Å². The number of rotatable bonds is 5. The molecule has 106 valence electrons. The molecule has 0 aromatic carbocycles. The molecular weight excluding hydrogens is 226 g/mol. The first-order chi connectivity index (χ1) is 8.47. The Labute approximate surface area is 111 Å². The quantitative estimate of drug-likeness (QED) is 0.791. The Balaban J connectivity index is 2.17. The first-order valence-corrected chi connectivity index (χ1v) is 7.26. The molecule has 2 amide bonds. The van der Waals surface area contributed by atoms with Crippen LogP contribution in [0.1, 0.15) is 47.0 Å². The number of nitrogens with one attached hydrogen (secondary N) is 2. The molecule has 0 radical (unpaired) electrons. The molecule has 1 saturated heterocycles. The van der Waals surface area contributed by atoms with E-state index in [1.807, 2.05) is 13.8 Å². The number of nitrogens with zero attached hydrogens (tertiary/aromatic N) is 1. The van der Waals surface area contributed by atoms with Crippen molar-refractivity contribution in [3.05, 3.63) is 0 Å². The summed E-state index contributed by atoms with van der Waals surface area (Å²) >= 11 is 0. The van der Waals surface area contributed by atoms with Crippen molar-refractivity contribution in [3.63, 3.8) is 0 Å². The van der Waals surface area contributed by atoms with E-state index in [1.165, 1.54) is 13.0 Å². The lowest BCUT2D eigenvalue weighted by Crippen LogP contribution is -2.49. The van der Waals surface area contributed by atoms with Crippen molar-refractivity contribution in [3.8, 4) is 0 Å². The van der Waals surface area contributed by atoms with Crippen LogP contribution in [0.5, 0.6) is 0 Å². The average molecular weight is 255 g/mol. The van der Waals surface area contributed by atoms with Crippen molar-refractivity contribution in [2.75, 3.05) is 19.6 Å². The lowest BCUT2D eigenvalue weighted by atomic mass is 10.0. The topological polar surface area (TPSA) is 44.4 Å². The third-order valence-electron chi connectivity index (χ3n) is 3.37. The minimum Gasteiger partial charge on any atom is -0.336 e. The summed E-state index contributed by atoms with van der Waals surface area (Å²) in [5, 5.41) is 5.94. The Bertz CT molecular complexity index is 245. The third kappa shape index (κ3) is 6.24. The smallest absolute Gasteiger partial charge is 0.315 e. The van der Waals surface area contributed by atoms with Gasteiger partial charge in [-0.25, -0.2) is 4.79 Å². The molecule has 0 aromatic heterocycles. The highest BCUT2D eigenvalue weighted by Crippen LogP contribution is 2.12. The van der Waals surface area contributed by atoms with Gasteiger partial charge < -0.3 is 15.5 Å². The second kappa shape index (κ2) is 7.62. The lowest BCUT2D eigenvalue weighted by molar-refractivity contribution is 0.185. The van der Waals surface area contributed by atoms with Crippen LogP contribution in [0.25, 0.3) is 0 Å². The molecule has 1 aliphatic rings. The van der Waals surface area contributed by atoms with Gasteiger partial charge in [0.25, 0.3) is 0 Å². The monoisotopic (exact) mass is 255 g/mol. The standard InChI is InChI=1S/C14H29N3O/c1-11(2)5-8-17-9-6-13(7-10-17)16-14(18)15-12(3)4/h11-13H,5-10H2,1-4H3,(H2,15,16,18). The molecule has 0 saturated carbocycles.